The maximum absolute atomic E-state index is 12.1. The number of benzene rings is 1. The smallest absolute Gasteiger partial charge is 0.460 e. The van der Waals surface area contributed by atoms with Crippen molar-refractivity contribution in [3.05, 3.63) is 35.9 Å². The van der Waals surface area contributed by atoms with Crippen LogP contribution in [-0.4, -0.2) is 29.9 Å². The summed E-state index contributed by atoms with van der Waals surface area (Å²) in [5.74, 6) is 0.281. The molecule has 4 nitrogen and oxygen atoms in total. The molecule has 0 bridgehead atoms. The van der Waals surface area contributed by atoms with E-state index >= 15 is 0 Å². The molecule has 5 heteroatoms. The third kappa shape index (κ3) is 5.32. The van der Waals surface area contributed by atoms with Crippen molar-refractivity contribution in [2.24, 2.45) is 5.92 Å². The van der Waals surface area contributed by atoms with Gasteiger partial charge in [0.2, 0.25) is 0 Å². The van der Waals surface area contributed by atoms with E-state index in [0.717, 1.165) is 24.7 Å². The summed E-state index contributed by atoms with van der Waals surface area (Å²) < 4.78 is 17.7. The third-order valence-corrected chi connectivity index (χ3v) is 6.20. The first kappa shape index (κ1) is 22.1. The minimum absolute atomic E-state index is 0.0916. The van der Waals surface area contributed by atoms with Crippen LogP contribution in [-0.2, 0) is 18.8 Å². The van der Waals surface area contributed by atoms with Gasteiger partial charge in [0.25, 0.3) is 0 Å². The molecule has 29 heavy (non-hydrogen) atoms. The van der Waals surface area contributed by atoms with Crippen molar-refractivity contribution in [3.8, 4) is 0 Å². The Balaban J connectivity index is 1.59. The van der Waals surface area contributed by atoms with E-state index in [-0.39, 0.29) is 24.3 Å². The maximum atomic E-state index is 12.1. The molecule has 158 valence electrons. The first-order chi connectivity index (χ1) is 13.4. The van der Waals surface area contributed by atoms with E-state index in [1.807, 2.05) is 20.8 Å². The van der Waals surface area contributed by atoms with E-state index in [1.54, 1.807) is 0 Å². The Bertz CT molecular complexity index is 755. The lowest BCUT2D eigenvalue weighted by Gasteiger charge is -2.32. The second kappa shape index (κ2) is 7.92. The molecular weight excluding hydrogens is 363 g/mol. The summed E-state index contributed by atoms with van der Waals surface area (Å²) in [5.41, 5.74) is 2.57. The van der Waals surface area contributed by atoms with Gasteiger partial charge in [0.1, 0.15) is 5.60 Å². The first-order valence-corrected chi connectivity index (χ1v) is 10.7. The predicted octanol–water partition coefficient (Wildman–Crippen LogP) is 4.90. The topological polar surface area (TPSA) is 44.8 Å². The lowest BCUT2D eigenvalue weighted by molar-refractivity contribution is -0.156. The Kier molecular flexibility index (Phi) is 6.04. The molecule has 1 fully saturated rings. The number of carbonyl (C=O) groups is 1. The maximum Gasteiger partial charge on any atom is 0.494 e. The van der Waals surface area contributed by atoms with Gasteiger partial charge in [-0.1, -0.05) is 30.3 Å². The Morgan fingerprint density at radius 1 is 1.10 bits per heavy atom. The molecule has 0 amide bonds. The van der Waals surface area contributed by atoms with Crippen LogP contribution in [0.2, 0.25) is 0 Å². The molecule has 1 aliphatic heterocycles. The van der Waals surface area contributed by atoms with Crippen molar-refractivity contribution in [1.82, 2.24) is 0 Å². The number of hydrogen-bond donors (Lipinski definition) is 0. The van der Waals surface area contributed by atoms with Gasteiger partial charge in [0, 0.05) is 6.42 Å². The molecule has 1 aliphatic carbocycles. The highest BCUT2D eigenvalue weighted by molar-refractivity contribution is 6.62. The molecule has 0 N–H and O–H groups in total. The molecule has 1 unspecified atom stereocenters. The molecular formula is C24H35BO4. The van der Waals surface area contributed by atoms with Crippen LogP contribution in [0.5, 0.6) is 0 Å². The molecule has 0 spiro atoms. The lowest BCUT2D eigenvalue weighted by Crippen LogP contribution is -2.41. The second-order valence-corrected chi connectivity index (χ2v) is 10.4. The van der Waals surface area contributed by atoms with E-state index in [9.17, 15) is 4.79 Å². The quantitative estimate of drug-likeness (QED) is 0.535. The van der Waals surface area contributed by atoms with Crippen LogP contribution >= 0.6 is 0 Å². The fourth-order valence-corrected chi connectivity index (χ4v) is 3.79. The molecule has 1 aromatic rings. The Hall–Kier alpha value is -1.59. The Morgan fingerprint density at radius 2 is 1.69 bits per heavy atom. The van der Waals surface area contributed by atoms with Gasteiger partial charge in [0.15, 0.2) is 0 Å². The van der Waals surface area contributed by atoms with Crippen LogP contribution in [0, 0.1) is 5.92 Å². The zero-order chi connectivity index (χ0) is 21.4. The summed E-state index contributed by atoms with van der Waals surface area (Å²) in [6.07, 6.45) is 5.71. The molecule has 0 radical (unpaired) electrons. The van der Waals surface area contributed by atoms with Crippen molar-refractivity contribution in [3.63, 3.8) is 0 Å². The van der Waals surface area contributed by atoms with Gasteiger partial charge < -0.3 is 14.0 Å². The van der Waals surface area contributed by atoms with Crippen molar-refractivity contribution < 1.29 is 18.8 Å². The molecule has 2 aliphatic rings. The van der Waals surface area contributed by atoms with Crippen LogP contribution in [0.25, 0.3) is 5.57 Å². The number of hydrogen-bond acceptors (Lipinski definition) is 4. The molecule has 1 saturated heterocycles. The Labute approximate surface area is 176 Å². The minimum Gasteiger partial charge on any atom is -0.460 e. The van der Waals surface area contributed by atoms with Crippen LogP contribution in [0.4, 0.5) is 0 Å². The highest BCUT2D eigenvalue weighted by Gasteiger charge is 2.51. The third-order valence-electron chi connectivity index (χ3n) is 6.20. The monoisotopic (exact) mass is 398 g/mol. The summed E-state index contributed by atoms with van der Waals surface area (Å²) in [7, 11) is -0.326. The molecule has 3 rings (SSSR count). The predicted molar refractivity (Wildman–Crippen MR) is 118 cm³/mol. The summed E-state index contributed by atoms with van der Waals surface area (Å²) in [4.78, 5) is 12.1. The zero-order valence-corrected chi connectivity index (χ0v) is 19.0. The molecule has 1 atom stereocenters. The summed E-state index contributed by atoms with van der Waals surface area (Å²) >= 11 is 0. The fourth-order valence-electron chi connectivity index (χ4n) is 3.79. The van der Waals surface area contributed by atoms with Gasteiger partial charge in [-0.05, 0) is 90.2 Å². The van der Waals surface area contributed by atoms with Crippen LogP contribution in [0.15, 0.2) is 30.3 Å². The van der Waals surface area contributed by atoms with Crippen LogP contribution in [0.1, 0.15) is 79.7 Å². The molecule has 0 saturated carbocycles. The molecule has 1 aromatic carbocycles. The van der Waals surface area contributed by atoms with Gasteiger partial charge in [-0.25, -0.2) is 0 Å². The van der Waals surface area contributed by atoms with E-state index in [2.05, 4.69) is 58.0 Å². The largest absolute Gasteiger partial charge is 0.494 e. The zero-order valence-electron chi connectivity index (χ0n) is 19.0. The van der Waals surface area contributed by atoms with E-state index in [0.29, 0.717) is 12.3 Å². The SMILES string of the molecule is CC(C)(C)OC(=O)CC1CC=C(c2ccc(B3OC(C)(C)C(C)(C)O3)cc2)CC1. The lowest BCUT2D eigenvalue weighted by atomic mass is 9.78. The number of esters is 1. The number of carbonyl (C=O) groups excluding carboxylic acids is 1. The highest BCUT2D eigenvalue weighted by atomic mass is 16.7. The van der Waals surface area contributed by atoms with Crippen LogP contribution in [0.3, 0.4) is 0 Å². The summed E-state index contributed by atoms with van der Waals surface area (Å²) in [5, 5.41) is 0. The van der Waals surface area contributed by atoms with Gasteiger partial charge >= 0.3 is 13.1 Å². The second-order valence-electron chi connectivity index (χ2n) is 10.4. The van der Waals surface area contributed by atoms with Crippen molar-refractivity contribution >= 4 is 24.1 Å². The van der Waals surface area contributed by atoms with Crippen LogP contribution < -0.4 is 5.46 Å². The minimum atomic E-state index is -0.411. The Morgan fingerprint density at radius 3 is 2.17 bits per heavy atom. The first-order valence-electron chi connectivity index (χ1n) is 10.7. The fraction of sp³-hybridized carbons (Fsp3) is 0.625. The van der Waals surface area contributed by atoms with Crippen molar-refractivity contribution in [1.29, 1.82) is 0 Å². The van der Waals surface area contributed by atoms with Gasteiger partial charge in [-0.15, -0.1) is 0 Å². The van der Waals surface area contributed by atoms with E-state index in [4.69, 9.17) is 14.0 Å². The molecule has 0 aromatic heterocycles. The van der Waals surface area contributed by atoms with E-state index < -0.39 is 5.60 Å². The van der Waals surface area contributed by atoms with Crippen molar-refractivity contribution in [2.75, 3.05) is 0 Å². The summed E-state index contributed by atoms with van der Waals surface area (Å²) in [6.45, 7) is 14.0. The summed E-state index contributed by atoms with van der Waals surface area (Å²) in [6, 6.07) is 8.51. The average Bonchev–Trinajstić information content (AvgIpc) is 2.82. The molecule has 1 heterocycles. The van der Waals surface area contributed by atoms with Crippen molar-refractivity contribution in [2.45, 2.75) is 91.0 Å². The van der Waals surface area contributed by atoms with E-state index in [1.165, 1.54) is 11.1 Å². The average molecular weight is 398 g/mol. The number of allylic oxidation sites excluding steroid dienone is 2. The normalized spacial score (nSPS) is 23.6. The van der Waals surface area contributed by atoms with Gasteiger partial charge in [-0.2, -0.15) is 0 Å². The highest BCUT2D eigenvalue weighted by Crippen LogP contribution is 2.37. The number of rotatable bonds is 4. The van der Waals surface area contributed by atoms with Gasteiger partial charge in [-0.3, -0.25) is 4.79 Å². The van der Waals surface area contributed by atoms with Gasteiger partial charge in [0.05, 0.1) is 11.2 Å². The number of ether oxygens (including phenoxy) is 1. The standard InChI is InChI=1S/C24H35BO4/c1-22(2,3)27-21(26)16-17-8-10-18(11-9-17)19-12-14-20(15-13-19)25-28-23(4,5)24(6,7)29-25/h10,12-15,17H,8-9,11,16H2,1-7H3.